The number of hydrogen-bond acceptors (Lipinski definition) is 1. The van der Waals surface area contributed by atoms with E-state index in [2.05, 4.69) is 48.2 Å². The van der Waals surface area contributed by atoms with Crippen LogP contribution in [0.4, 0.5) is 0 Å². The minimum Gasteiger partial charge on any atom is -0.161 e. The van der Waals surface area contributed by atoms with Gasteiger partial charge in [-0.3, -0.25) is 0 Å². The van der Waals surface area contributed by atoms with Crippen LogP contribution < -0.4 is 0 Å². The van der Waals surface area contributed by atoms with E-state index in [0.717, 1.165) is 5.75 Å². The number of thioether (sulfide) groups is 1. The number of aryl methyl sites for hydroxylation is 2. The Morgan fingerprint density at radius 1 is 1.25 bits per heavy atom. The van der Waals surface area contributed by atoms with Crippen molar-refractivity contribution in [1.29, 1.82) is 0 Å². The molecular formula is C10H13BrS. The van der Waals surface area contributed by atoms with Crippen LogP contribution in [0.1, 0.15) is 16.7 Å². The monoisotopic (exact) mass is 244 g/mol. The van der Waals surface area contributed by atoms with Crippen molar-refractivity contribution in [2.75, 3.05) is 6.26 Å². The van der Waals surface area contributed by atoms with Crippen molar-refractivity contribution < 1.29 is 0 Å². The zero-order valence-electron chi connectivity index (χ0n) is 7.65. The molecule has 0 aliphatic heterocycles. The summed E-state index contributed by atoms with van der Waals surface area (Å²) in [6, 6.07) is 4.36. The van der Waals surface area contributed by atoms with E-state index in [1.165, 1.54) is 21.2 Å². The van der Waals surface area contributed by atoms with E-state index in [0.29, 0.717) is 0 Å². The molecule has 0 atom stereocenters. The third-order valence-corrected chi connectivity index (χ3v) is 2.98. The Bertz CT molecular complexity index is 258. The third kappa shape index (κ3) is 2.27. The molecule has 2 heteroatoms. The Kier molecular flexibility index (Phi) is 3.66. The highest BCUT2D eigenvalue weighted by Gasteiger charge is 2.02. The highest BCUT2D eigenvalue weighted by molar-refractivity contribution is 9.10. The van der Waals surface area contributed by atoms with Gasteiger partial charge in [0.25, 0.3) is 0 Å². The molecule has 0 heterocycles. The Hall–Kier alpha value is 0.0500. The van der Waals surface area contributed by atoms with E-state index in [1.807, 2.05) is 11.8 Å². The number of rotatable bonds is 2. The van der Waals surface area contributed by atoms with Crippen molar-refractivity contribution >= 4 is 27.7 Å². The first-order chi connectivity index (χ1) is 5.65. The summed E-state index contributed by atoms with van der Waals surface area (Å²) in [5.74, 6) is 1.12. The molecule has 1 rings (SSSR count). The van der Waals surface area contributed by atoms with Gasteiger partial charge in [0, 0.05) is 10.2 Å². The van der Waals surface area contributed by atoms with Gasteiger partial charge in [-0.2, -0.15) is 11.8 Å². The van der Waals surface area contributed by atoms with E-state index in [-0.39, 0.29) is 0 Å². The number of halogens is 1. The van der Waals surface area contributed by atoms with E-state index in [4.69, 9.17) is 0 Å². The molecule has 0 aromatic heterocycles. The predicted molar refractivity (Wildman–Crippen MR) is 60.8 cm³/mol. The van der Waals surface area contributed by atoms with Crippen LogP contribution in [0.5, 0.6) is 0 Å². The minimum atomic E-state index is 1.12. The van der Waals surface area contributed by atoms with Crippen LogP contribution in [0.2, 0.25) is 0 Å². The second-order valence-electron chi connectivity index (χ2n) is 2.95. The highest BCUT2D eigenvalue weighted by Crippen LogP contribution is 2.23. The molecule has 0 radical (unpaired) electrons. The second-order valence-corrected chi connectivity index (χ2v) is 4.73. The van der Waals surface area contributed by atoms with Gasteiger partial charge in [0.15, 0.2) is 0 Å². The van der Waals surface area contributed by atoms with Crippen molar-refractivity contribution in [3.63, 3.8) is 0 Å². The van der Waals surface area contributed by atoms with Gasteiger partial charge in [-0.25, -0.2) is 0 Å². The predicted octanol–water partition coefficient (Wildman–Crippen LogP) is 3.93. The van der Waals surface area contributed by atoms with Gasteiger partial charge in [0.2, 0.25) is 0 Å². The average Bonchev–Trinajstić information content (AvgIpc) is 1.96. The summed E-state index contributed by atoms with van der Waals surface area (Å²) >= 11 is 5.37. The molecule has 0 amide bonds. The maximum Gasteiger partial charge on any atom is 0.0187 e. The molecule has 12 heavy (non-hydrogen) atoms. The molecule has 0 saturated heterocycles. The smallest absolute Gasteiger partial charge is 0.0187 e. The lowest BCUT2D eigenvalue weighted by molar-refractivity contribution is 1.23. The van der Waals surface area contributed by atoms with Crippen LogP contribution in [0, 0.1) is 13.8 Å². The lowest BCUT2D eigenvalue weighted by atomic mass is 10.1. The Labute approximate surface area is 86.9 Å². The summed E-state index contributed by atoms with van der Waals surface area (Å²) in [6.07, 6.45) is 2.14. The lowest BCUT2D eigenvalue weighted by Crippen LogP contribution is -1.90. The molecular weight excluding hydrogens is 232 g/mol. The lowest BCUT2D eigenvalue weighted by Gasteiger charge is -2.08. The molecule has 0 saturated carbocycles. The van der Waals surface area contributed by atoms with Crippen LogP contribution in [0.3, 0.4) is 0 Å². The standard InChI is InChI=1S/C10H13BrS/c1-7-4-9(11)5-8(2)10(7)6-12-3/h4-5H,6H2,1-3H3. The fourth-order valence-electron chi connectivity index (χ4n) is 1.31. The van der Waals surface area contributed by atoms with Gasteiger partial charge in [0.1, 0.15) is 0 Å². The molecule has 66 valence electrons. The molecule has 0 unspecified atom stereocenters. The Morgan fingerprint density at radius 3 is 2.17 bits per heavy atom. The zero-order chi connectivity index (χ0) is 9.14. The van der Waals surface area contributed by atoms with Crippen molar-refractivity contribution in [2.24, 2.45) is 0 Å². The first-order valence-electron chi connectivity index (χ1n) is 3.89. The molecule has 1 aromatic rings. The molecule has 0 aliphatic rings. The summed E-state index contributed by atoms with van der Waals surface area (Å²) in [6.45, 7) is 4.34. The van der Waals surface area contributed by atoms with Crippen molar-refractivity contribution in [1.82, 2.24) is 0 Å². The van der Waals surface area contributed by atoms with Crippen LogP contribution in [-0.2, 0) is 5.75 Å². The molecule has 1 aromatic carbocycles. The number of hydrogen-bond donors (Lipinski definition) is 0. The van der Waals surface area contributed by atoms with Crippen LogP contribution in [-0.4, -0.2) is 6.26 Å². The van der Waals surface area contributed by atoms with Crippen molar-refractivity contribution in [3.05, 3.63) is 33.3 Å². The molecule has 0 nitrogen and oxygen atoms in total. The second kappa shape index (κ2) is 4.33. The van der Waals surface area contributed by atoms with Crippen molar-refractivity contribution in [3.8, 4) is 0 Å². The topological polar surface area (TPSA) is 0 Å². The maximum atomic E-state index is 3.49. The minimum absolute atomic E-state index is 1.12. The molecule has 0 bridgehead atoms. The first kappa shape index (κ1) is 10.1. The van der Waals surface area contributed by atoms with Gasteiger partial charge in [-0.1, -0.05) is 15.9 Å². The fraction of sp³-hybridized carbons (Fsp3) is 0.400. The Balaban J connectivity index is 3.10. The Morgan fingerprint density at radius 2 is 1.75 bits per heavy atom. The van der Waals surface area contributed by atoms with Crippen LogP contribution >= 0.6 is 27.7 Å². The van der Waals surface area contributed by atoms with Crippen LogP contribution in [0.15, 0.2) is 16.6 Å². The van der Waals surface area contributed by atoms with Crippen LogP contribution in [0.25, 0.3) is 0 Å². The SMILES string of the molecule is CSCc1c(C)cc(Br)cc1C. The quantitative estimate of drug-likeness (QED) is 0.760. The summed E-state index contributed by atoms with van der Waals surface area (Å²) in [5.41, 5.74) is 4.25. The zero-order valence-corrected chi connectivity index (χ0v) is 10.1. The summed E-state index contributed by atoms with van der Waals surface area (Å²) in [4.78, 5) is 0. The summed E-state index contributed by atoms with van der Waals surface area (Å²) < 4.78 is 1.18. The van der Waals surface area contributed by atoms with Gasteiger partial charge < -0.3 is 0 Å². The number of benzene rings is 1. The van der Waals surface area contributed by atoms with Crippen molar-refractivity contribution in [2.45, 2.75) is 19.6 Å². The average molecular weight is 245 g/mol. The summed E-state index contributed by atoms with van der Waals surface area (Å²) in [5, 5.41) is 0. The maximum absolute atomic E-state index is 3.49. The van der Waals surface area contributed by atoms with E-state index in [9.17, 15) is 0 Å². The normalized spacial score (nSPS) is 10.3. The van der Waals surface area contributed by atoms with E-state index in [1.54, 1.807) is 0 Å². The van der Waals surface area contributed by atoms with Gasteiger partial charge >= 0.3 is 0 Å². The van der Waals surface area contributed by atoms with Gasteiger partial charge in [0.05, 0.1) is 0 Å². The molecule has 0 aliphatic carbocycles. The van der Waals surface area contributed by atoms with E-state index >= 15 is 0 Å². The largest absolute Gasteiger partial charge is 0.161 e. The molecule has 0 N–H and O–H groups in total. The molecule has 0 spiro atoms. The van der Waals surface area contributed by atoms with E-state index < -0.39 is 0 Å². The highest BCUT2D eigenvalue weighted by atomic mass is 79.9. The first-order valence-corrected chi connectivity index (χ1v) is 6.08. The summed E-state index contributed by atoms with van der Waals surface area (Å²) in [7, 11) is 0. The molecule has 0 fully saturated rings. The van der Waals surface area contributed by atoms with Gasteiger partial charge in [-0.15, -0.1) is 0 Å². The van der Waals surface area contributed by atoms with Gasteiger partial charge in [-0.05, 0) is 48.9 Å². The third-order valence-electron chi connectivity index (χ3n) is 1.95. The fourth-order valence-corrected chi connectivity index (χ4v) is 2.74.